The second-order valence-corrected chi connectivity index (χ2v) is 10.6. The van der Waals surface area contributed by atoms with Crippen molar-refractivity contribution >= 4 is 23.0 Å². The number of ether oxygens (including phenoxy) is 1. The van der Waals surface area contributed by atoms with Crippen LogP contribution in [0.25, 0.3) is 0 Å². The van der Waals surface area contributed by atoms with Gasteiger partial charge in [0, 0.05) is 29.8 Å². The lowest BCUT2D eigenvalue weighted by Crippen LogP contribution is -2.29. The molecule has 1 N–H and O–H groups in total. The lowest BCUT2D eigenvalue weighted by Gasteiger charge is -2.28. The second kappa shape index (κ2) is 11.0. The fraction of sp³-hybridized carbons (Fsp3) is 0.176. The van der Waals surface area contributed by atoms with Gasteiger partial charge in [-0.05, 0) is 98.2 Å². The molecule has 6 heteroatoms. The van der Waals surface area contributed by atoms with Crippen molar-refractivity contribution < 1.29 is 4.74 Å². The Bertz CT molecular complexity index is 1630. The highest BCUT2D eigenvalue weighted by Crippen LogP contribution is 2.43. The van der Waals surface area contributed by atoms with E-state index in [1.54, 1.807) is 0 Å². The van der Waals surface area contributed by atoms with Crippen LogP contribution >= 0.6 is 12.2 Å². The van der Waals surface area contributed by atoms with Gasteiger partial charge >= 0.3 is 0 Å². The second-order valence-electron chi connectivity index (χ2n) is 10.3. The van der Waals surface area contributed by atoms with Gasteiger partial charge in [-0.1, -0.05) is 54.6 Å². The molecule has 0 bridgehead atoms. The zero-order chi connectivity index (χ0) is 27.6. The Labute approximate surface area is 241 Å². The SMILES string of the molecule is Cc1ccccc1Oc1ccc(N2C(=S)N[C@H](c3ccccn3)[C@@H]2c2cc(C)n(Cc3ccccc3)c2C)cc1. The average molecular weight is 545 g/mol. The van der Waals surface area contributed by atoms with E-state index in [0.29, 0.717) is 5.11 Å². The molecule has 0 aliphatic carbocycles. The summed E-state index contributed by atoms with van der Waals surface area (Å²) < 4.78 is 8.56. The van der Waals surface area contributed by atoms with Crippen LogP contribution in [0.5, 0.6) is 11.5 Å². The van der Waals surface area contributed by atoms with Crippen molar-refractivity contribution in [2.75, 3.05) is 4.90 Å². The first-order valence-corrected chi connectivity index (χ1v) is 13.9. The molecule has 0 unspecified atom stereocenters. The molecule has 0 saturated carbocycles. The fourth-order valence-electron chi connectivity index (χ4n) is 5.56. The molecule has 1 aliphatic heterocycles. The van der Waals surface area contributed by atoms with E-state index >= 15 is 0 Å². The van der Waals surface area contributed by atoms with Crippen LogP contribution in [0.3, 0.4) is 0 Å². The number of thiocarbonyl (C=S) groups is 1. The summed E-state index contributed by atoms with van der Waals surface area (Å²) >= 11 is 5.97. The number of nitrogens with one attached hydrogen (secondary N) is 1. The summed E-state index contributed by atoms with van der Waals surface area (Å²) in [6.07, 6.45) is 1.84. The van der Waals surface area contributed by atoms with Gasteiger partial charge in [-0.2, -0.15) is 0 Å². The van der Waals surface area contributed by atoms with Gasteiger partial charge in [0.15, 0.2) is 5.11 Å². The van der Waals surface area contributed by atoms with Crippen LogP contribution < -0.4 is 15.0 Å². The molecule has 0 amide bonds. The van der Waals surface area contributed by atoms with Crippen LogP contribution in [0.4, 0.5) is 5.69 Å². The zero-order valence-corrected chi connectivity index (χ0v) is 23.7. The Hall–Kier alpha value is -4.42. The molecule has 1 aliphatic rings. The highest BCUT2D eigenvalue weighted by molar-refractivity contribution is 7.80. The molecular weight excluding hydrogens is 512 g/mol. The predicted octanol–water partition coefficient (Wildman–Crippen LogP) is 7.83. The van der Waals surface area contributed by atoms with Crippen molar-refractivity contribution in [1.82, 2.24) is 14.9 Å². The fourth-order valence-corrected chi connectivity index (χ4v) is 5.90. The van der Waals surface area contributed by atoms with Crippen LogP contribution in [0, 0.1) is 20.8 Å². The minimum absolute atomic E-state index is 0.0683. The first kappa shape index (κ1) is 25.8. The number of aryl methyl sites for hydroxylation is 2. The molecule has 40 heavy (non-hydrogen) atoms. The number of hydrogen-bond acceptors (Lipinski definition) is 3. The van der Waals surface area contributed by atoms with E-state index in [9.17, 15) is 0 Å². The third kappa shape index (κ3) is 4.98. The van der Waals surface area contributed by atoms with Gasteiger partial charge in [0.05, 0.1) is 17.8 Å². The zero-order valence-electron chi connectivity index (χ0n) is 22.9. The molecule has 5 nitrogen and oxygen atoms in total. The Morgan fingerprint density at radius 1 is 0.850 bits per heavy atom. The Balaban J connectivity index is 1.38. The molecule has 1 fully saturated rings. The maximum Gasteiger partial charge on any atom is 0.174 e. The largest absolute Gasteiger partial charge is 0.457 e. The number of anilines is 1. The van der Waals surface area contributed by atoms with E-state index < -0.39 is 0 Å². The van der Waals surface area contributed by atoms with E-state index in [1.165, 1.54) is 22.5 Å². The summed E-state index contributed by atoms with van der Waals surface area (Å²) in [6, 6.07) is 35.0. The number of pyridine rings is 1. The van der Waals surface area contributed by atoms with Crippen molar-refractivity contribution in [3.63, 3.8) is 0 Å². The molecule has 6 rings (SSSR count). The normalized spacial score (nSPS) is 16.7. The highest BCUT2D eigenvalue weighted by Gasteiger charge is 2.42. The molecular formula is C34H32N4OS. The minimum Gasteiger partial charge on any atom is -0.457 e. The summed E-state index contributed by atoms with van der Waals surface area (Å²) in [7, 11) is 0. The summed E-state index contributed by atoms with van der Waals surface area (Å²) in [4.78, 5) is 6.94. The molecule has 1 saturated heterocycles. The van der Waals surface area contributed by atoms with Gasteiger partial charge in [0.1, 0.15) is 11.5 Å². The lowest BCUT2D eigenvalue weighted by molar-refractivity contribution is 0.479. The van der Waals surface area contributed by atoms with Crippen LogP contribution in [0.1, 0.15) is 45.9 Å². The molecule has 3 aromatic carbocycles. The smallest absolute Gasteiger partial charge is 0.174 e. The summed E-state index contributed by atoms with van der Waals surface area (Å²) in [6.45, 7) is 7.26. The van der Waals surface area contributed by atoms with Gasteiger partial charge in [-0.15, -0.1) is 0 Å². The maximum absolute atomic E-state index is 6.17. The predicted molar refractivity (Wildman–Crippen MR) is 165 cm³/mol. The van der Waals surface area contributed by atoms with Crippen molar-refractivity contribution in [2.24, 2.45) is 0 Å². The third-order valence-electron chi connectivity index (χ3n) is 7.65. The highest BCUT2D eigenvalue weighted by atomic mass is 32.1. The van der Waals surface area contributed by atoms with Gasteiger partial charge in [0.2, 0.25) is 0 Å². The Morgan fingerprint density at radius 3 is 2.30 bits per heavy atom. The molecule has 3 heterocycles. The maximum atomic E-state index is 6.17. The average Bonchev–Trinajstić information content (AvgIpc) is 3.46. The monoisotopic (exact) mass is 544 g/mol. The standard InChI is InChI=1S/C34H32N4OS/c1-23-11-7-8-15-31(23)39-28-18-16-27(17-19-28)38-33(32(36-34(38)40)30-14-9-10-20-35-30)29-21-24(2)37(25(29)3)22-26-12-5-4-6-13-26/h4-21,32-33H,22H2,1-3H3,(H,36,40)/t32-,33+/m1/s1. The summed E-state index contributed by atoms with van der Waals surface area (Å²) in [5.74, 6) is 1.64. The molecule has 5 aromatic rings. The minimum atomic E-state index is -0.0951. The topological polar surface area (TPSA) is 42.3 Å². The van der Waals surface area contributed by atoms with Gasteiger partial charge in [-0.3, -0.25) is 4.98 Å². The number of rotatable bonds is 7. The van der Waals surface area contributed by atoms with E-state index in [2.05, 4.69) is 96.2 Å². The number of para-hydroxylation sites is 1. The molecule has 0 radical (unpaired) electrons. The number of aromatic nitrogens is 2. The van der Waals surface area contributed by atoms with E-state index in [1.807, 2.05) is 48.7 Å². The molecule has 0 spiro atoms. The van der Waals surface area contributed by atoms with Crippen molar-refractivity contribution in [2.45, 2.75) is 39.4 Å². The van der Waals surface area contributed by atoms with Gasteiger partial charge < -0.3 is 19.5 Å². The van der Waals surface area contributed by atoms with E-state index in [-0.39, 0.29) is 12.1 Å². The first-order chi connectivity index (χ1) is 19.5. The number of hydrogen-bond donors (Lipinski definition) is 1. The first-order valence-electron chi connectivity index (χ1n) is 13.5. The molecule has 2 aromatic heterocycles. The summed E-state index contributed by atoms with van der Waals surface area (Å²) in [5, 5.41) is 4.27. The molecule has 200 valence electrons. The van der Waals surface area contributed by atoms with Gasteiger partial charge in [-0.25, -0.2) is 0 Å². The summed E-state index contributed by atoms with van der Waals surface area (Å²) in [5.41, 5.74) is 8.02. The number of benzene rings is 3. The van der Waals surface area contributed by atoms with Crippen molar-refractivity contribution in [3.05, 3.63) is 143 Å². The van der Waals surface area contributed by atoms with Crippen LogP contribution in [-0.2, 0) is 6.54 Å². The lowest BCUT2D eigenvalue weighted by atomic mass is 9.96. The number of nitrogens with zero attached hydrogens (tertiary/aromatic N) is 3. The third-order valence-corrected chi connectivity index (χ3v) is 7.96. The van der Waals surface area contributed by atoms with Crippen LogP contribution in [-0.4, -0.2) is 14.7 Å². The van der Waals surface area contributed by atoms with Crippen LogP contribution in [0.2, 0.25) is 0 Å². The molecule has 2 atom stereocenters. The van der Waals surface area contributed by atoms with E-state index in [0.717, 1.165) is 35.0 Å². The van der Waals surface area contributed by atoms with Crippen molar-refractivity contribution in [1.29, 1.82) is 0 Å². The van der Waals surface area contributed by atoms with E-state index in [4.69, 9.17) is 21.9 Å². The Kier molecular flexibility index (Phi) is 7.10. The Morgan fingerprint density at radius 2 is 1.57 bits per heavy atom. The van der Waals surface area contributed by atoms with Crippen molar-refractivity contribution in [3.8, 4) is 11.5 Å². The van der Waals surface area contributed by atoms with Gasteiger partial charge in [0.25, 0.3) is 0 Å². The van der Waals surface area contributed by atoms with Crippen LogP contribution in [0.15, 0.2) is 109 Å². The quantitative estimate of drug-likeness (QED) is 0.212.